The molecule has 1 atom stereocenters. The van der Waals surface area contributed by atoms with Crippen LogP contribution in [0.5, 0.6) is 17.2 Å². The summed E-state index contributed by atoms with van der Waals surface area (Å²) in [5.74, 6) is 0.0929. The van der Waals surface area contributed by atoms with E-state index in [9.17, 15) is 14.7 Å². The molecule has 7 nitrogen and oxygen atoms in total. The summed E-state index contributed by atoms with van der Waals surface area (Å²) in [7, 11) is 1.46. The molecule has 1 N–H and O–H groups in total. The lowest BCUT2D eigenvalue weighted by molar-refractivity contribution is -0.148. The summed E-state index contributed by atoms with van der Waals surface area (Å²) in [6.45, 7) is 3.54. The van der Waals surface area contributed by atoms with Crippen LogP contribution >= 0.6 is 0 Å². The van der Waals surface area contributed by atoms with Crippen LogP contribution in [0.25, 0.3) is 0 Å². The summed E-state index contributed by atoms with van der Waals surface area (Å²) >= 11 is 0. The number of methoxy groups -OCH3 is 1. The Kier molecular flexibility index (Phi) is 4.21. The van der Waals surface area contributed by atoms with Gasteiger partial charge in [0.1, 0.15) is 0 Å². The minimum Gasteiger partial charge on any atom is -0.493 e. The summed E-state index contributed by atoms with van der Waals surface area (Å²) in [5, 5.41) is 9.48. The maximum Gasteiger partial charge on any atom is 0.331 e. The highest BCUT2D eigenvalue weighted by Gasteiger charge is 2.31. The second-order valence-electron chi connectivity index (χ2n) is 4.84. The van der Waals surface area contributed by atoms with Crippen LogP contribution in [0.3, 0.4) is 0 Å². The third kappa shape index (κ3) is 2.72. The molecule has 0 aromatic heterocycles. The van der Waals surface area contributed by atoms with Gasteiger partial charge in [-0.15, -0.1) is 0 Å². The van der Waals surface area contributed by atoms with Gasteiger partial charge in [0.15, 0.2) is 17.5 Å². The number of carbonyl (C=O) groups excluding carboxylic acids is 1. The minimum atomic E-state index is -1.13. The summed E-state index contributed by atoms with van der Waals surface area (Å²) < 4.78 is 15.8. The predicted octanol–water partition coefficient (Wildman–Crippen LogP) is 1.42. The van der Waals surface area contributed by atoms with E-state index in [1.54, 1.807) is 26.0 Å². The van der Waals surface area contributed by atoms with Crippen molar-refractivity contribution in [1.29, 1.82) is 0 Å². The van der Waals surface area contributed by atoms with E-state index in [0.29, 0.717) is 29.2 Å². The number of fused-ring (bicyclic) bond motifs is 1. The molecule has 0 aliphatic carbocycles. The van der Waals surface area contributed by atoms with Crippen LogP contribution in [-0.4, -0.2) is 42.3 Å². The fourth-order valence-corrected chi connectivity index (χ4v) is 2.23. The fourth-order valence-electron chi connectivity index (χ4n) is 2.23. The summed E-state index contributed by atoms with van der Waals surface area (Å²) in [4.78, 5) is 24.0. The highest BCUT2D eigenvalue weighted by molar-refractivity contribution is 5.79. The molecule has 0 spiro atoms. The molecule has 1 heterocycles. The number of hydrogen-bond donors (Lipinski definition) is 1. The molecule has 0 fully saturated rings. The number of amides is 1. The highest BCUT2D eigenvalue weighted by atomic mass is 16.7. The van der Waals surface area contributed by atoms with Crippen molar-refractivity contribution in [1.82, 2.24) is 4.90 Å². The molecular weight excluding hydrogens is 278 g/mol. The molecule has 0 saturated heterocycles. The van der Waals surface area contributed by atoms with E-state index in [4.69, 9.17) is 14.2 Å². The number of ether oxygens (including phenoxy) is 3. The van der Waals surface area contributed by atoms with Gasteiger partial charge in [0, 0.05) is 6.04 Å². The van der Waals surface area contributed by atoms with Gasteiger partial charge in [0.05, 0.1) is 7.11 Å². The first-order chi connectivity index (χ1) is 9.99. The maximum absolute atomic E-state index is 11.6. The number of benzene rings is 1. The molecule has 1 unspecified atom stereocenters. The van der Waals surface area contributed by atoms with Crippen molar-refractivity contribution in [3.05, 3.63) is 17.7 Å². The SMILES string of the molecule is COc1cc(C(C(=O)O)N(C=O)C(C)C)cc2c1OCO2. The van der Waals surface area contributed by atoms with Gasteiger partial charge in [0.25, 0.3) is 0 Å². The fraction of sp³-hybridized carbons (Fsp3) is 0.429. The summed E-state index contributed by atoms with van der Waals surface area (Å²) in [6.07, 6.45) is 0.528. The van der Waals surface area contributed by atoms with Crippen molar-refractivity contribution in [2.45, 2.75) is 25.9 Å². The molecule has 1 aliphatic rings. The molecule has 21 heavy (non-hydrogen) atoms. The van der Waals surface area contributed by atoms with Gasteiger partial charge in [-0.25, -0.2) is 4.79 Å². The number of nitrogens with zero attached hydrogens (tertiary/aromatic N) is 1. The number of rotatable bonds is 6. The first-order valence-electron chi connectivity index (χ1n) is 6.42. The van der Waals surface area contributed by atoms with Crippen molar-refractivity contribution in [2.75, 3.05) is 13.9 Å². The average molecular weight is 295 g/mol. The molecule has 0 bridgehead atoms. The molecule has 0 radical (unpaired) electrons. The zero-order valence-electron chi connectivity index (χ0n) is 12.0. The molecule has 1 aromatic carbocycles. The van der Waals surface area contributed by atoms with E-state index in [1.165, 1.54) is 12.0 Å². The van der Waals surface area contributed by atoms with E-state index < -0.39 is 12.0 Å². The van der Waals surface area contributed by atoms with Crippen LogP contribution in [0.15, 0.2) is 12.1 Å². The van der Waals surface area contributed by atoms with E-state index in [2.05, 4.69) is 0 Å². The van der Waals surface area contributed by atoms with Gasteiger partial charge in [-0.05, 0) is 31.5 Å². The van der Waals surface area contributed by atoms with Gasteiger partial charge in [-0.2, -0.15) is 0 Å². The van der Waals surface area contributed by atoms with Gasteiger partial charge in [-0.3, -0.25) is 4.79 Å². The average Bonchev–Trinajstić information content (AvgIpc) is 2.90. The summed E-state index contributed by atoms with van der Waals surface area (Å²) in [6, 6.07) is 1.72. The number of carboxylic acids is 1. The zero-order valence-corrected chi connectivity index (χ0v) is 12.0. The van der Waals surface area contributed by atoms with Crippen LogP contribution in [-0.2, 0) is 9.59 Å². The monoisotopic (exact) mass is 295 g/mol. The number of carboxylic acid groups (broad SMARTS) is 1. The molecular formula is C14H17NO6. The van der Waals surface area contributed by atoms with Gasteiger partial charge < -0.3 is 24.2 Å². The lowest BCUT2D eigenvalue weighted by Gasteiger charge is -2.29. The standard InChI is InChI=1S/C14H17NO6/c1-8(2)15(6-16)12(14(17)18)9-4-10(19-3)13-11(5-9)20-7-21-13/h4-6,8,12H,7H2,1-3H3,(H,17,18). The van der Waals surface area contributed by atoms with Crippen LogP contribution < -0.4 is 14.2 Å². The quantitative estimate of drug-likeness (QED) is 0.799. The Morgan fingerprint density at radius 2 is 2.14 bits per heavy atom. The third-order valence-corrected chi connectivity index (χ3v) is 3.25. The van der Waals surface area contributed by atoms with E-state index >= 15 is 0 Å². The Morgan fingerprint density at radius 3 is 2.67 bits per heavy atom. The molecule has 7 heteroatoms. The largest absolute Gasteiger partial charge is 0.493 e. The van der Waals surface area contributed by atoms with Crippen molar-refractivity contribution < 1.29 is 28.9 Å². The molecule has 1 aliphatic heterocycles. The first kappa shape index (κ1) is 15.0. The lowest BCUT2D eigenvalue weighted by Crippen LogP contribution is -2.38. The Bertz CT molecular complexity index is 557. The Morgan fingerprint density at radius 1 is 1.43 bits per heavy atom. The lowest BCUT2D eigenvalue weighted by atomic mass is 10.0. The molecule has 114 valence electrons. The number of carbonyl (C=O) groups is 2. The maximum atomic E-state index is 11.6. The van der Waals surface area contributed by atoms with Gasteiger partial charge >= 0.3 is 5.97 Å². The zero-order chi connectivity index (χ0) is 15.6. The number of aliphatic carboxylic acids is 1. The third-order valence-electron chi connectivity index (χ3n) is 3.25. The minimum absolute atomic E-state index is 0.0501. The Labute approximate surface area is 122 Å². The van der Waals surface area contributed by atoms with Crippen LogP contribution in [0, 0.1) is 0 Å². The highest BCUT2D eigenvalue weighted by Crippen LogP contribution is 2.43. The molecule has 0 saturated carbocycles. The van der Waals surface area contributed by atoms with Crippen molar-refractivity contribution in [3.63, 3.8) is 0 Å². The van der Waals surface area contributed by atoms with Crippen LogP contribution in [0.1, 0.15) is 25.5 Å². The van der Waals surface area contributed by atoms with E-state index in [0.717, 1.165) is 0 Å². The van der Waals surface area contributed by atoms with Crippen molar-refractivity contribution >= 4 is 12.4 Å². The molecule has 2 rings (SSSR count). The van der Waals surface area contributed by atoms with Gasteiger partial charge in [0.2, 0.25) is 19.0 Å². The number of hydrogen-bond acceptors (Lipinski definition) is 5. The van der Waals surface area contributed by atoms with Crippen molar-refractivity contribution in [2.24, 2.45) is 0 Å². The van der Waals surface area contributed by atoms with E-state index in [-0.39, 0.29) is 12.8 Å². The second-order valence-corrected chi connectivity index (χ2v) is 4.84. The topological polar surface area (TPSA) is 85.3 Å². The first-order valence-corrected chi connectivity index (χ1v) is 6.42. The smallest absolute Gasteiger partial charge is 0.331 e. The Balaban J connectivity index is 2.51. The van der Waals surface area contributed by atoms with Gasteiger partial charge in [-0.1, -0.05) is 0 Å². The predicted molar refractivity (Wildman–Crippen MR) is 72.5 cm³/mol. The second kappa shape index (κ2) is 5.90. The van der Waals surface area contributed by atoms with Crippen LogP contribution in [0.4, 0.5) is 0 Å². The normalized spacial score (nSPS) is 13.9. The van der Waals surface area contributed by atoms with Crippen LogP contribution in [0.2, 0.25) is 0 Å². The van der Waals surface area contributed by atoms with E-state index in [1.807, 2.05) is 0 Å². The molecule has 1 amide bonds. The Hall–Kier alpha value is -2.44. The molecule has 1 aromatic rings. The summed E-state index contributed by atoms with van der Waals surface area (Å²) in [5.41, 5.74) is 0.393. The van der Waals surface area contributed by atoms with Crippen molar-refractivity contribution in [3.8, 4) is 17.2 Å².